The van der Waals surface area contributed by atoms with Gasteiger partial charge in [0.05, 0.1) is 12.1 Å². The number of hydrogen-bond donors (Lipinski definition) is 1. The molecule has 0 saturated heterocycles. The Morgan fingerprint density at radius 1 is 1.24 bits per heavy atom. The van der Waals surface area contributed by atoms with Crippen molar-refractivity contribution in [1.29, 1.82) is 0 Å². The van der Waals surface area contributed by atoms with E-state index < -0.39 is 0 Å². The second-order valence-electron chi connectivity index (χ2n) is 6.45. The van der Waals surface area contributed by atoms with Crippen LogP contribution in [0.5, 0.6) is 0 Å². The number of hydrogen-bond acceptors (Lipinski definition) is 6. The van der Waals surface area contributed by atoms with Crippen LogP contribution in [0.4, 0.5) is 0 Å². The molecular formula is C17H21N7O. The Kier molecular flexibility index (Phi) is 4.27. The number of aromatic nitrogens is 7. The van der Waals surface area contributed by atoms with Gasteiger partial charge in [-0.15, -0.1) is 10.2 Å². The van der Waals surface area contributed by atoms with Gasteiger partial charge >= 0.3 is 0 Å². The van der Waals surface area contributed by atoms with Crippen LogP contribution in [0.1, 0.15) is 42.6 Å². The average molecular weight is 339 g/mol. The molecule has 0 aromatic carbocycles. The number of imidazole rings is 1. The summed E-state index contributed by atoms with van der Waals surface area (Å²) < 4.78 is 5.76. The van der Waals surface area contributed by atoms with Crippen molar-refractivity contribution in [2.24, 2.45) is 0 Å². The van der Waals surface area contributed by atoms with Gasteiger partial charge in [-0.2, -0.15) is 4.80 Å². The van der Waals surface area contributed by atoms with Crippen molar-refractivity contribution in [3.05, 3.63) is 42.0 Å². The predicted molar refractivity (Wildman–Crippen MR) is 90.8 cm³/mol. The maximum absolute atomic E-state index is 5.76. The lowest BCUT2D eigenvalue weighted by atomic mass is 9.81. The van der Waals surface area contributed by atoms with E-state index in [4.69, 9.17) is 4.74 Å². The molecular weight excluding hydrogens is 318 g/mol. The minimum Gasteiger partial charge on any atom is -0.381 e. The monoisotopic (exact) mass is 339 g/mol. The lowest BCUT2D eigenvalue weighted by Gasteiger charge is -2.34. The zero-order valence-electron chi connectivity index (χ0n) is 14.3. The Balaban J connectivity index is 1.51. The first kappa shape index (κ1) is 15.9. The zero-order valence-corrected chi connectivity index (χ0v) is 14.3. The van der Waals surface area contributed by atoms with Gasteiger partial charge in [-0.25, -0.2) is 4.98 Å². The van der Waals surface area contributed by atoms with E-state index in [1.165, 1.54) is 0 Å². The normalized spacial score (nSPS) is 23.7. The third-order valence-electron chi connectivity index (χ3n) is 4.80. The number of aromatic amines is 1. The number of nitrogens with zero attached hydrogens (tertiary/aromatic N) is 6. The average Bonchev–Trinajstić information content (AvgIpc) is 3.31. The smallest absolute Gasteiger partial charge is 0.240 e. The van der Waals surface area contributed by atoms with Gasteiger partial charge in [0.2, 0.25) is 5.82 Å². The van der Waals surface area contributed by atoms with Crippen LogP contribution in [0, 0.1) is 6.92 Å². The fourth-order valence-corrected chi connectivity index (χ4v) is 3.51. The van der Waals surface area contributed by atoms with E-state index in [9.17, 15) is 0 Å². The Morgan fingerprint density at radius 2 is 2.16 bits per heavy atom. The molecule has 1 N–H and O–H groups in total. The SMILES string of the molecule is COC1CC(n2nnc(-c3ncc(C)[nH]3)n2)CCC1c1ccccn1. The third kappa shape index (κ3) is 3.17. The van der Waals surface area contributed by atoms with Crippen LogP contribution >= 0.6 is 0 Å². The van der Waals surface area contributed by atoms with Gasteiger partial charge in [0.1, 0.15) is 0 Å². The lowest BCUT2D eigenvalue weighted by Crippen LogP contribution is -2.32. The highest BCUT2D eigenvalue weighted by Crippen LogP contribution is 2.38. The fraction of sp³-hybridized carbons (Fsp3) is 0.471. The third-order valence-corrected chi connectivity index (χ3v) is 4.80. The van der Waals surface area contributed by atoms with Crippen LogP contribution < -0.4 is 0 Å². The van der Waals surface area contributed by atoms with Crippen molar-refractivity contribution in [2.45, 2.75) is 44.2 Å². The molecule has 3 unspecified atom stereocenters. The number of H-pyrrole nitrogens is 1. The molecule has 8 heteroatoms. The second-order valence-corrected chi connectivity index (χ2v) is 6.45. The maximum atomic E-state index is 5.76. The molecule has 4 rings (SSSR count). The first-order valence-corrected chi connectivity index (χ1v) is 8.50. The first-order chi connectivity index (χ1) is 12.2. The van der Waals surface area contributed by atoms with Gasteiger partial charge in [-0.05, 0) is 43.5 Å². The summed E-state index contributed by atoms with van der Waals surface area (Å²) in [5.74, 6) is 1.47. The molecule has 130 valence electrons. The maximum Gasteiger partial charge on any atom is 0.240 e. The van der Waals surface area contributed by atoms with Crippen molar-refractivity contribution >= 4 is 0 Å². The number of nitrogens with one attached hydrogen (secondary N) is 1. The molecule has 3 aromatic heterocycles. The van der Waals surface area contributed by atoms with Gasteiger partial charge in [0.25, 0.3) is 0 Å². The molecule has 1 aliphatic carbocycles. The van der Waals surface area contributed by atoms with Gasteiger partial charge in [-0.1, -0.05) is 6.07 Å². The molecule has 0 spiro atoms. The first-order valence-electron chi connectivity index (χ1n) is 8.50. The highest BCUT2D eigenvalue weighted by Gasteiger charge is 2.34. The highest BCUT2D eigenvalue weighted by atomic mass is 16.5. The zero-order chi connectivity index (χ0) is 17.2. The van der Waals surface area contributed by atoms with Crippen LogP contribution in [0.15, 0.2) is 30.6 Å². The van der Waals surface area contributed by atoms with E-state index >= 15 is 0 Å². The number of methoxy groups -OCH3 is 1. The minimum atomic E-state index is 0.0916. The van der Waals surface area contributed by atoms with Crippen molar-refractivity contribution in [3.63, 3.8) is 0 Å². The minimum absolute atomic E-state index is 0.0916. The molecule has 1 fully saturated rings. The molecule has 0 radical (unpaired) electrons. The Hall–Kier alpha value is -2.61. The molecule has 3 aromatic rings. The topological polar surface area (TPSA) is 94.4 Å². The molecule has 3 heterocycles. The van der Waals surface area contributed by atoms with Gasteiger partial charge in [0.15, 0.2) is 5.82 Å². The fourth-order valence-electron chi connectivity index (χ4n) is 3.51. The van der Waals surface area contributed by atoms with E-state index in [1.807, 2.05) is 25.3 Å². The van der Waals surface area contributed by atoms with Crippen LogP contribution in [0.2, 0.25) is 0 Å². The number of ether oxygens (including phenoxy) is 1. The van der Waals surface area contributed by atoms with Crippen molar-refractivity contribution in [1.82, 2.24) is 35.2 Å². The molecule has 3 atom stereocenters. The summed E-state index contributed by atoms with van der Waals surface area (Å²) in [7, 11) is 1.76. The predicted octanol–water partition coefficient (Wildman–Crippen LogP) is 2.29. The van der Waals surface area contributed by atoms with Crippen LogP contribution in [0.3, 0.4) is 0 Å². The Morgan fingerprint density at radius 3 is 2.88 bits per heavy atom. The molecule has 1 saturated carbocycles. The number of tetrazole rings is 1. The number of aryl methyl sites for hydroxylation is 1. The summed E-state index contributed by atoms with van der Waals surface area (Å²) in [5, 5.41) is 12.9. The number of rotatable bonds is 4. The molecule has 8 nitrogen and oxygen atoms in total. The molecule has 1 aliphatic rings. The Bertz CT molecular complexity index is 828. The second kappa shape index (κ2) is 6.72. The summed E-state index contributed by atoms with van der Waals surface area (Å²) in [4.78, 5) is 13.6. The molecule has 0 amide bonds. The van der Waals surface area contributed by atoms with E-state index in [0.29, 0.717) is 17.6 Å². The molecule has 0 aliphatic heterocycles. The van der Waals surface area contributed by atoms with Crippen LogP contribution in [-0.2, 0) is 4.74 Å². The lowest BCUT2D eigenvalue weighted by molar-refractivity contribution is 0.0287. The standard InChI is InChI=1S/C17H21N7O/c1-11-10-19-16(20-11)17-21-23-24(22-17)12-6-7-13(15(9-12)25-2)14-5-3-4-8-18-14/h3-5,8,10,12-13,15H,6-7,9H2,1-2H3,(H,19,20). The Labute approximate surface area is 145 Å². The number of pyridine rings is 1. The van der Waals surface area contributed by atoms with E-state index in [-0.39, 0.29) is 12.1 Å². The van der Waals surface area contributed by atoms with Gasteiger partial charge < -0.3 is 9.72 Å². The van der Waals surface area contributed by atoms with Crippen molar-refractivity contribution in [3.8, 4) is 11.6 Å². The van der Waals surface area contributed by atoms with E-state index in [1.54, 1.807) is 18.1 Å². The van der Waals surface area contributed by atoms with E-state index in [0.717, 1.165) is 30.7 Å². The molecule has 0 bridgehead atoms. The molecule has 25 heavy (non-hydrogen) atoms. The van der Waals surface area contributed by atoms with Crippen molar-refractivity contribution in [2.75, 3.05) is 7.11 Å². The van der Waals surface area contributed by atoms with Gasteiger partial charge in [-0.3, -0.25) is 4.98 Å². The summed E-state index contributed by atoms with van der Waals surface area (Å²) in [6.45, 7) is 1.95. The highest BCUT2D eigenvalue weighted by molar-refractivity contribution is 5.41. The summed E-state index contributed by atoms with van der Waals surface area (Å²) in [6, 6.07) is 6.20. The largest absolute Gasteiger partial charge is 0.381 e. The summed E-state index contributed by atoms with van der Waals surface area (Å²) >= 11 is 0. The summed E-state index contributed by atoms with van der Waals surface area (Å²) in [6.07, 6.45) is 6.48. The van der Waals surface area contributed by atoms with E-state index in [2.05, 4.69) is 36.4 Å². The van der Waals surface area contributed by atoms with Crippen LogP contribution in [-0.4, -0.2) is 48.4 Å². The quantitative estimate of drug-likeness (QED) is 0.784. The van der Waals surface area contributed by atoms with Gasteiger partial charge in [0, 0.05) is 36.8 Å². The summed E-state index contributed by atoms with van der Waals surface area (Å²) in [5.41, 5.74) is 2.06. The van der Waals surface area contributed by atoms with Crippen LogP contribution in [0.25, 0.3) is 11.6 Å². The van der Waals surface area contributed by atoms with Crippen molar-refractivity contribution < 1.29 is 4.74 Å².